The molecule has 4 N–H and O–H groups in total. The Bertz CT molecular complexity index is 1420. The van der Waals surface area contributed by atoms with Crippen LogP contribution in [0.2, 0.25) is 0 Å². The van der Waals surface area contributed by atoms with E-state index in [-0.39, 0.29) is 26.2 Å². The smallest absolute Gasteiger partial charge is 0.453 e. The van der Waals surface area contributed by atoms with Crippen LogP contribution in [0.5, 0.6) is 11.5 Å². The van der Waals surface area contributed by atoms with Gasteiger partial charge >= 0.3 is 19.9 Å². The van der Waals surface area contributed by atoms with E-state index in [4.69, 9.17) is 44.4 Å². The Labute approximate surface area is 267 Å². The molecular weight excluding hydrogens is 650 g/mol. The summed E-state index contributed by atoms with van der Waals surface area (Å²) in [6.07, 6.45) is -5.89. The molecule has 0 saturated carbocycles. The Morgan fingerprint density at radius 1 is 0.872 bits per heavy atom. The average molecular weight is 684 g/mol. The van der Waals surface area contributed by atoms with Crippen molar-refractivity contribution < 1.29 is 55.7 Å². The minimum Gasteiger partial charge on any atom is -0.542 e. The van der Waals surface area contributed by atoms with E-state index in [9.17, 15) is 22.5 Å². The first-order valence-electron chi connectivity index (χ1n) is 13.8. The van der Waals surface area contributed by atoms with Gasteiger partial charge in [-0.1, -0.05) is 48.5 Å². The number of nitrogen functional groups attached to an aromatic ring is 1. The molecule has 0 heterocycles. The van der Waals surface area contributed by atoms with Gasteiger partial charge in [-0.15, -0.1) is 0 Å². The third kappa shape index (κ3) is 15.7. The van der Waals surface area contributed by atoms with E-state index >= 15 is 0 Å². The molecule has 0 bridgehead atoms. The number of carbonyl (C=O) groups excluding carboxylic acids is 2. The number of carboxylic acids is 1. The van der Waals surface area contributed by atoms with Crippen molar-refractivity contribution in [3.63, 3.8) is 0 Å². The summed E-state index contributed by atoms with van der Waals surface area (Å²) < 4.78 is 73.8. The number of alkyl carbamates (subject to hydrolysis) is 1. The number of hydrogen-bond acceptors (Lipinski definition) is 12. The molecule has 0 aromatic heterocycles. The van der Waals surface area contributed by atoms with E-state index in [2.05, 4.69) is 15.3 Å². The van der Waals surface area contributed by atoms with Crippen molar-refractivity contribution in [1.82, 2.24) is 10.2 Å². The van der Waals surface area contributed by atoms with Gasteiger partial charge in [-0.2, -0.15) is 13.2 Å². The second-order valence-electron chi connectivity index (χ2n) is 9.07. The third-order valence-corrected chi connectivity index (χ3v) is 7.50. The van der Waals surface area contributed by atoms with Crippen LogP contribution in [0.1, 0.15) is 5.56 Å². The molecule has 0 aliphatic heterocycles. The number of para-hydroxylation sites is 2. The molecule has 1 amide bonds. The number of halogens is 3. The lowest BCUT2D eigenvalue weighted by Crippen LogP contribution is -2.39. The standard InChI is InChI=1S/C27H32N5O7P.C2HF3O2/c28-23-13-11-22(12-14-23)21-26(31-27(33)37-20-19-36-18-17-35-16-15-30-32-29)40(34,38-24-7-3-1-4-8-24)39-25-9-5-2-6-10-25;3-2(4,5)1(6)7/h1-14,26,29H,15-21,28H2;(H,6,7). The molecule has 0 saturated heterocycles. The van der Waals surface area contributed by atoms with Gasteiger partial charge in [0, 0.05) is 12.1 Å². The number of nitrogens with two attached hydrogens (primary N) is 1. The molecular formula is C29H33F3N5O9P. The quantitative estimate of drug-likeness (QED) is 0.0610. The van der Waals surface area contributed by atoms with Crippen LogP contribution in [0, 0.1) is 5.53 Å². The molecule has 3 rings (SSSR count). The molecule has 47 heavy (non-hydrogen) atoms. The monoisotopic (exact) mass is 683 g/mol. The summed E-state index contributed by atoms with van der Waals surface area (Å²) in [6, 6.07) is 24.2. The lowest BCUT2D eigenvalue weighted by molar-refractivity contribution is -0.344. The van der Waals surface area contributed by atoms with Gasteiger partial charge in [0.15, 0.2) is 5.78 Å². The van der Waals surface area contributed by atoms with Crippen LogP contribution in [0.15, 0.2) is 90.0 Å². The fraction of sp³-hybridized carbons (Fsp3) is 0.310. The van der Waals surface area contributed by atoms with Crippen LogP contribution in [-0.4, -0.2) is 63.6 Å². The number of anilines is 1. The molecule has 0 radical (unpaired) electrons. The van der Waals surface area contributed by atoms with Gasteiger partial charge in [0.05, 0.1) is 26.4 Å². The van der Waals surface area contributed by atoms with Crippen LogP contribution >= 0.6 is 7.60 Å². The maximum atomic E-state index is 14.4. The number of carbonyl (C=O) groups is 2. The van der Waals surface area contributed by atoms with E-state index in [1.165, 1.54) is 0 Å². The summed E-state index contributed by atoms with van der Waals surface area (Å²) in [6.45, 7) is 1.32. The molecule has 1 unspecified atom stereocenters. The van der Waals surface area contributed by atoms with Crippen molar-refractivity contribution in [3.8, 4) is 11.5 Å². The molecule has 18 heteroatoms. The first kappa shape index (κ1) is 38.2. The highest BCUT2D eigenvalue weighted by molar-refractivity contribution is 7.55. The molecule has 3 aromatic carbocycles. The third-order valence-electron chi connectivity index (χ3n) is 5.50. The SMILES string of the molecule is N=[N+]=NCCOCCOCCOC(=O)NC(Cc1ccc(N)cc1)P(=O)(Oc1ccccc1)Oc1ccccc1.O=C([O-])C(F)(F)F. The number of rotatable bonds is 17. The topological polar surface area (TPSA) is 209 Å². The van der Waals surface area contributed by atoms with Crippen molar-refractivity contribution in [2.45, 2.75) is 18.4 Å². The Morgan fingerprint density at radius 2 is 1.36 bits per heavy atom. The lowest BCUT2D eigenvalue weighted by atomic mass is 10.1. The number of alkyl halides is 3. The van der Waals surface area contributed by atoms with Crippen LogP contribution in [0.25, 0.3) is 0 Å². The molecule has 1 atom stereocenters. The zero-order valence-corrected chi connectivity index (χ0v) is 25.7. The predicted octanol–water partition coefficient (Wildman–Crippen LogP) is 4.10. The fourth-order valence-electron chi connectivity index (χ4n) is 3.37. The highest BCUT2D eigenvalue weighted by Gasteiger charge is 2.41. The number of carboxylic acid groups (broad SMARTS) is 1. The van der Waals surface area contributed by atoms with Crippen molar-refractivity contribution in [3.05, 3.63) is 90.5 Å². The molecule has 0 spiro atoms. The minimum absolute atomic E-state index is 0.0448. The van der Waals surface area contributed by atoms with Crippen LogP contribution in [0.4, 0.5) is 23.7 Å². The van der Waals surface area contributed by atoms with Crippen molar-refractivity contribution in [2.75, 3.05) is 45.3 Å². The Kier molecular flexibility index (Phi) is 16.5. The normalized spacial score (nSPS) is 11.6. The number of ether oxygens (including phenoxy) is 3. The van der Waals surface area contributed by atoms with Gasteiger partial charge in [-0.3, -0.25) is 0 Å². The van der Waals surface area contributed by atoms with Crippen LogP contribution < -0.4 is 30.1 Å². The highest BCUT2D eigenvalue weighted by atomic mass is 31.2. The first-order chi connectivity index (χ1) is 22.4. The molecule has 3 aromatic rings. The van der Waals surface area contributed by atoms with Gasteiger partial charge in [-0.25, -0.2) is 9.36 Å². The maximum absolute atomic E-state index is 14.4. The number of nitrogens with one attached hydrogen (secondary N) is 2. The molecule has 0 aliphatic rings. The zero-order valence-electron chi connectivity index (χ0n) is 24.8. The number of aliphatic carboxylic acids is 1. The summed E-state index contributed by atoms with van der Waals surface area (Å²) in [4.78, 5) is 24.5. The number of nitrogens with zero attached hydrogens (tertiary/aromatic N) is 2. The summed E-state index contributed by atoms with van der Waals surface area (Å²) in [5, 5.41) is 14.9. The summed E-state index contributed by atoms with van der Waals surface area (Å²) in [5.74, 6) is -3.48. The second-order valence-corrected chi connectivity index (χ2v) is 11.1. The zero-order chi connectivity index (χ0) is 34.5. The van der Waals surface area contributed by atoms with Gasteiger partial charge < -0.3 is 44.2 Å². The van der Waals surface area contributed by atoms with E-state index in [0.717, 1.165) is 5.56 Å². The van der Waals surface area contributed by atoms with E-state index in [1.807, 2.05) is 0 Å². The summed E-state index contributed by atoms with van der Waals surface area (Å²) in [5.41, 5.74) is 13.7. The van der Waals surface area contributed by atoms with E-state index in [1.54, 1.807) is 84.9 Å². The van der Waals surface area contributed by atoms with Crippen molar-refractivity contribution in [1.29, 1.82) is 5.53 Å². The number of benzene rings is 3. The molecule has 0 fully saturated rings. The fourth-order valence-corrected chi connectivity index (χ4v) is 5.19. The highest BCUT2D eigenvalue weighted by Crippen LogP contribution is 2.53. The Morgan fingerprint density at radius 3 is 1.85 bits per heavy atom. The average Bonchev–Trinajstić information content (AvgIpc) is 3.03. The first-order valence-corrected chi connectivity index (χ1v) is 15.4. The Hall–Kier alpha value is -4.95. The molecule has 254 valence electrons. The lowest BCUT2D eigenvalue weighted by Gasteiger charge is -2.28. The van der Waals surface area contributed by atoms with Gasteiger partial charge in [-0.05, 0) is 42.0 Å². The van der Waals surface area contributed by atoms with E-state index in [0.29, 0.717) is 36.9 Å². The predicted molar refractivity (Wildman–Crippen MR) is 159 cm³/mol. The van der Waals surface area contributed by atoms with Crippen LogP contribution in [0.3, 0.4) is 0 Å². The van der Waals surface area contributed by atoms with Gasteiger partial charge in [0.25, 0.3) is 0 Å². The minimum atomic E-state index is -5.19. The van der Waals surface area contributed by atoms with Crippen molar-refractivity contribution in [2.24, 2.45) is 5.11 Å². The molecule has 14 nitrogen and oxygen atoms in total. The number of amides is 1. The Balaban J connectivity index is 0.000000984. The summed E-state index contributed by atoms with van der Waals surface area (Å²) >= 11 is 0. The largest absolute Gasteiger partial charge is 0.542 e. The second kappa shape index (κ2) is 20.2. The van der Waals surface area contributed by atoms with E-state index < -0.39 is 31.6 Å². The van der Waals surface area contributed by atoms with Crippen molar-refractivity contribution >= 4 is 25.3 Å². The van der Waals surface area contributed by atoms with Gasteiger partial charge in [0.1, 0.15) is 41.3 Å². The number of hydrogen-bond donors (Lipinski definition) is 3. The molecule has 0 aliphatic carbocycles. The summed E-state index contributed by atoms with van der Waals surface area (Å²) in [7, 11) is -4.09. The van der Waals surface area contributed by atoms with Gasteiger partial charge in [0.2, 0.25) is 4.91 Å². The maximum Gasteiger partial charge on any atom is 0.453 e. The van der Waals surface area contributed by atoms with Crippen LogP contribution in [-0.2, 0) is 30.0 Å².